The summed E-state index contributed by atoms with van der Waals surface area (Å²) in [5.41, 5.74) is -0.488. The zero-order valence-electron chi connectivity index (χ0n) is 17.6. The fraction of sp³-hybridized carbons (Fsp3) is 0.478. The number of esters is 1. The molecule has 0 radical (unpaired) electrons. The van der Waals surface area contributed by atoms with Gasteiger partial charge >= 0.3 is 5.97 Å². The highest BCUT2D eigenvalue weighted by atomic mass is 16.5. The summed E-state index contributed by atoms with van der Waals surface area (Å²) in [7, 11) is 0. The number of carbonyl (C=O) groups is 1. The first-order valence-corrected chi connectivity index (χ1v) is 10.1. The standard InChI is InChI=1S/C23H31NO5/c1-4-26-22(25)23(2,3)13-6-15-27-19-9-11-20(12-10-19)28-16-7-17-29-21-8-5-14-24-18-21/h5,8-12,14,18H,4,6-7,13,15-17H2,1-3H3. The molecule has 0 fully saturated rings. The number of carbonyl (C=O) groups excluding carboxylic acids is 1. The van der Waals surface area contributed by atoms with Crippen LogP contribution in [0.4, 0.5) is 0 Å². The monoisotopic (exact) mass is 401 g/mol. The van der Waals surface area contributed by atoms with Gasteiger partial charge in [0.1, 0.15) is 17.2 Å². The topological polar surface area (TPSA) is 66.9 Å². The zero-order chi connectivity index (χ0) is 21.0. The Labute approximate surface area is 173 Å². The van der Waals surface area contributed by atoms with E-state index in [-0.39, 0.29) is 5.97 Å². The third-order valence-electron chi connectivity index (χ3n) is 4.33. The minimum atomic E-state index is -0.488. The summed E-state index contributed by atoms with van der Waals surface area (Å²) in [6, 6.07) is 11.3. The van der Waals surface area contributed by atoms with E-state index in [4.69, 9.17) is 18.9 Å². The van der Waals surface area contributed by atoms with E-state index in [2.05, 4.69) is 4.98 Å². The SMILES string of the molecule is CCOC(=O)C(C)(C)CCCOc1ccc(OCCCOc2cccnc2)cc1. The summed E-state index contributed by atoms with van der Waals surface area (Å²) in [4.78, 5) is 15.9. The summed E-state index contributed by atoms with van der Waals surface area (Å²) in [5.74, 6) is 2.18. The van der Waals surface area contributed by atoms with E-state index in [0.717, 1.165) is 30.1 Å². The lowest BCUT2D eigenvalue weighted by Crippen LogP contribution is -2.27. The Hall–Kier alpha value is -2.76. The molecule has 6 nitrogen and oxygen atoms in total. The maximum Gasteiger partial charge on any atom is 0.311 e. The third kappa shape index (κ3) is 8.42. The van der Waals surface area contributed by atoms with Crippen LogP contribution < -0.4 is 14.2 Å². The van der Waals surface area contributed by atoms with Gasteiger partial charge in [0, 0.05) is 12.6 Å². The van der Waals surface area contributed by atoms with Gasteiger partial charge in [-0.15, -0.1) is 0 Å². The van der Waals surface area contributed by atoms with E-state index in [9.17, 15) is 4.79 Å². The fourth-order valence-corrected chi connectivity index (χ4v) is 2.64. The van der Waals surface area contributed by atoms with Crippen molar-refractivity contribution >= 4 is 5.97 Å². The lowest BCUT2D eigenvalue weighted by Gasteiger charge is -2.22. The molecule has 0 unspecified atom stereocenters. The number of ether oxygens (including phenoxy) is 4. The van der Waals surface area contributed by atoms with Crippen LogP contribution in [0.3, 0.4) is 0 Å². The number of benzene rings is 1. The number of pyridine rings is 1. The summed E-state index contributed by atoms with van der Waals surface area (Å²) < 4.78 is 22.2. The van der Waals surface area contributed by atoms with E-state index in [1.54, 1.807) is 12.4 Å². The Balaban J connectivity index is 1.60. The molecule has 1 aromatic carbocycles. The van der Waals surface area contributed by atoms with Gasteiger partial charge in [0.2, 0.25) is 0 Å². The van der Waals surface area contributed by atoms with E-state index in [1.165, 1.54) is 0 Å². The number of nitrogens with zero attached hydrogens (tertiary/aromatic N) is 1. The first kappa shape index (κ1) is 22.5. The summed E-state index contributed by atoms with van der Waals surface area (Å²) in [6.45, 7) is 7.73. The van der Waals surface area contributed by atoms with Crippen LogP contribution in [-0.2, 0) is 9.53 Å². The van der Waals surface area contributed by atoms with E-state index in [0.29, 0.717) is 32.8 Å². The largest absolute Gasteiger partial charge is 0.494 e. The van der Waals surface area contributed by atoms with E-state index in [1.807, 2.05) is 57.2 Å². The zero-order valence-corrected chi connectivity index (χ0v) is 17.6. The van der Waals surface area contributed by atoms with E-state index >= 15 is 0 Å². The van der Waals surface area contributed by atoms with Gasteiger partial charge in [-0.25, -0.2) is 0 Å². The summed E-state index contributed by atoms with van der Waals surface area (Å²) in [5, 5.41) is 0. The summed E-state index contributed by atoms with van der Waals surface area (Å²) in [6.07, 6.45) is 5.68. The third-order valence-corrected chi connectivity index (χ3v) is 4.33. The van der Waals surface area contributed by atoms with Gasteiger partial charge in [0.15, 0.2) is 0 Å². The van der Waals surface area contributed by atoms with Crippen molar-refractivity contribution < 1.29 is 23.7 Å². The number of hydrogen-bond acceptors (Lipinski definition) is 6. The molecule has 0 aliphatic rings. The Morgan fingerprint density at radius 1 is 0.897 bits per heavy atom. The van der Waals surface area contributed by atoms with Crippen molar-refractivity contribution in [2.75, 3.05) is 26.4 Å². The quantitative estimate of drug-likeness (QED) is 0.359. The van der Waals surface area contributed by atoms with E-state index < -0.39 is 5.41 Å². The minimum absolute atomic E-state index is 0.160. The Kier molecular flexibility index (Phi) is 9.28. The average molecular weight is 402 g/mol. The molecule has 0 atom stereocenters. The van der Waals surface area contributed by atoms with Crippen molar-refractivity contribution in [3.63, 3.8) is 0 Å². The lowest BCUT2D eigenvalue weighted by molar-refractivity contribution is -0.153. The van der Waals surface area contributed by atoms with Crippen LogP contribution in [0.15, 0.2) is 48.8 Å². The highest BCUT2D eigenvalue weighted by Crippen LogP contribution is 2.25. The van der Waals surface area contributed by atoms with Crippen molar-refractivity contribution in [3.8, 4) is 17.2 Å². The molecule has 2 aromatic rings. The van der Waals surface area contributed by atoms with Gasteiger partial charge in [-0.1, -0.05) is 0 Å². The molecule has 1 aromatic heterocycles. The second-order valence-corrected chi connectivity index (χ2v) is 7.27. The molecular weight excluding hydrogens is 370 g/mol. The molecule has 0 aliphatic heterocycles. The van der Waals surface area contributed by atoms with Crippen LogP contribution >= 0.6 is 0 Å². The normalized spacial score (nSPS) is 11.0. The van der Waals surface area contributed by atoms with Crippen molar-refractivity contribution in [2.45, 2.75) is 40.0 Å². The second kappa shape index (κ2) is 11.9. The molecule has 2 rings (SSSR count). The molecule has 0 N–H and O–H groups in total. The maximum absolute atomic E-state index is 11.9. The van der Waals surface area contributed by atoms with Crippen molar-refractivity contribution in [2.24, 2.45) is 5.41 Å². The van der Waals surface area contributed by atoms with Crippen LogP contribution in [-0.4, -0.2) is 37.4 Å². The molecule has 6 heteroatoms. The maximum atomic E-state index is 11.9. The van der Waals surface area contributed by atoms with Crippen LogP contribution in [0.25, 0.3) is 0 Å². The lowest BCUT2D eigenvalue weighted by atomic mass is 9.88. The molecule has 0 bridgehead atoms. The van der Waals surface area contributed by atoms with Crippen molar-refractivity contribution in [1.29, 1.82) is 0 Å². The molecule has 0 aliphatic carbocycles. The van der Waals surface area contributed by atoms with Gasteiger partial charge in [-0.05, 0) is 70.0 Å². The number of aromatic nitrogens is 1. The van der Waals surface area contributed by atoms with Crippen LogP contribution in [0.1, 0.15) is 40.0 Å². The first-order chi connectivity index (χ1) is 14.0. The minimum Gasteiger partial charge on any atom is -0.494 e. The van der Waals surface area contributed by atoms with Gasteiger partial charge in [0.05, 0.1) is 38.0 Å². The molecule has 29 heavy (non-hydrogen) atoms. The summed E-state index contributed by atoms with van der Waals surface area (Å²) >= 11 is 0. The molecule has 0 saturated heterocycles. The van der Waals surface area contributed by atoms with Gasteiger partial charge in [0.25, 0.3) is 0 Å². The predicted octanol–water partition coefficient (Wildman–Crippen LogP) is 4.68. The second-order valence-electron chi connectivity index (χ2n) is 7.27. The molecule has 158 valence electrons. The molecule has 0 saturated carbocycles. The van der Waals surface area contributed by atoms with Gasteiger partial charge in [-0.2, -0.15) is 0 Å². The molecule has 1 heterocycles. The predicted molar refractivity (Wildman–Crippen MR) is 111 cm³/mol. The van der Waals surface area contributed by atoms with Crippen LogP contribution in [0.5, 0.6) is 17.2 Å². The van der Waals surface area contributed by atoms with Crippen LogP contribution in [0, 0.1) is 5.41 Å². The molecule has 0 spiro atoms. The highest BCUT2D eigenvalue weighted by Gasteiger charge is 2.28. The smallest absolute Gasteiger partial charge is 0.311 e. The Morgan fingerprint density at radius 2 is 1.48 bits per heavy atom. The van der Waals surface area contributed by atoms with Crippen LogP contribution in [0.2, 0.25) is 0 Å². The molecular formula is C23H31NO5. The first-order valence-electron chi connectivity index (χ1n) is 10.1. The fourth-order valence-electron chi connectivity index (χ4n) is 2.64. The van der Waals surface area contributed by atoms with Crippen molar-refractivity contribution in [1.82, 2.24) is 4.98 Å². The average Bonchev–Trinajstić information content (AvgIpc) is 2.73. The van der Waals surface area contributed by atoms with Gasteiger partial charge in [-0.3, -0.25) is 9.78 Å². The Morgan fingerprint density at radius 3 is 2.03 bits per heavy atom. The molecule has 0 amide bonds. The Bertz CT molecular complexity index is 716. The van der Waals surface area contributed by atoms with Gasteiger partial charge < -0.3 is 18.9 Å². The highest BCUT2D eigenvalue weighted by molar-refractivity contribution is 5.75. The number of rotatable bonds is 13. The van der Waals surface area contributed by atoms with Crippen molar-refractivity contribution in [3.05, 3.63) is 48.8 Å². The number of hydrogen-bond donors (Lipinski definition) is 0.